The Hall–Kier alpha value is -2.59. The van der Waals surface area contributed by atoms with Crippen LogP contribution in [0.4, 0.5) is 0 Å². The van der Waals surface area contributed by atoms with E-state index in [2.05, 4.69) is 5.32 Å². The zero-order chi connectivity index (χ0) is 23.5. The highest BCUT2D eigenvalue weighted by atomic mass is 32.2. The van der Waals surface area contributed by atoms with E-state index in [-0.39, 0.29) is 30.5 Å². The number of hydrogen-bond donors (Lipinski definition) is 1. The predicted octanol–water partition coefficient (Wildman–Crippen LogP) is 2.41. The summed E-state index contributed by atoms with van der Waals surface area (Å²) < 4.78 is 10.4. The van der Waals surface area contributed by atoms with Crippen LogP contribution in [0.3, 0.4) is 0 Å². The van der Waals surface area contributed by atoms with Crippen molar-refractivity contribution in [3.8, 4) is 0 Å². The molecule has 1 saturated heterocycles. The molecule has 2 amide bonds. The van der Waals surface area contributed by atoms with Crippen LogP contribution in [0.5, 0.6) is 0 Å². The Morgan fingerprint density at radius 1 is 1.31 bits per heavy atom. The van der Waals surface area contributed by atoms with E-state index in [1.54, 1.807) is 27.7 Å². The Labute approximate surface area is 195 Å². The van der Waals surface area contributed by atoms with Crippen molar-refractivity contribution >= 4 is 46.9 Å². The normalized spacial score (nSPS) is 20.6. The van der Waals surface area contributed by atoms with Gasteiger partial charge in [-0.25, -0.2) is 9.59 Å². The third kappa shape index (κ3) is 5.60. The van der Waals surface area contributed by atoms with Crippen LogP contribution < -0.4 is 5.32 Å². The van der Waals surface area contributed by atoms with E-state index in [0.717, 1.165) is 4.88 Å². The predicted molar refractivity (Wildman–Crippen MR) is 122 cm³/mol. The van der Waals surface area contributed by atoms with Crippen LogP contribution in [0.2, 0.25) is 0 Å². The van der Waals surface area contributed by atoms with Gasteiger partial charge in [-0.15, -0.1) is 23.1 Å². The van der Waals surface area contributed by atoms with Gasteiger partial charge in [0.15, 0.2) is 0 Å². The Kier molecular flexibility index (Phi) is 7.45. The fraction of sp³-hybridized carbons (Fsp3) is 0.455. The van der Waals surface area contributed by atoms with E-state index in [1.807, 2.05) is 17.5 Å². The first kappa shape index (κ1) is 24.1. The Morgan fingerprint density at radius 2 is 2.06 bits per heavy atom. The van der Waals surface area contributed by atoms with Gasteiger partial charge in [0.2, 0.25) is 5.91 Å². The minimum Gasteiger partial charge on any atom is -0.463 e. The van der Waals surface area contributed by atoms with Crippen molar-refractivity contribution in [2.45, 2.75) is 51.1 Å². The highest BCUT2D eigenvalue weighted by Crippen LogP contribution is 2.41. The van der Waals surface area contributed by atoms with Gasteiger partial charge >= 0.3 is 11.9 Å². The number of hydrogen-bond acceptors (Lipinski definition) is 8. The van der Waals surface area contributed by atoms with E-state index in [0.29, 0.717) is 11.3 Å². The largest absolute Gasteiger partial charge is 0.463 e. The third-order valence-electron chi connectivity index (χ3n) is 4.53. The van der Waals surface area contributed by atoms with Gasteiger partial charge < -0.3 is 14.8 Å². The van der Waals surface area contributed by atoms with Crippen LogP contribution in [0, 0.1) is 0 Å². The van der Waals surface area contributed by atoms with Crippen molar-refractivity contribution in [2.24, 2.45) is 0 Å². The number of thioether (sulfide) groups is 1. The van der Waals surface area contributed by atoms with Gasteiger partial charge in [-0.1, -0.05) is 6.07 Å². The molecule has 3 heterocycles. The molecule has 2 atom stereocenters. The van der Waals surface area contributed by atoms with E-state index >= 15 is 0 Å². The average molecular weight is 479 g/mol. The second-order valence-electron chi connectivity index (χ2n) is 8.17. The summed E-state index contributed by atoms with van der Waals surface area (Å²) in [4.78, 5) is 52.3. The molecule has 172 valence electrons. The summed E-state index contributed by atoms with van der Waals surface area (Å²) >= 11 is 2.88. The fourth-order valence-corrected chi connectivity index (χ4v) is 5.26. The zero-order valence-electron chi connectivity index (χ0n) is 18.4. The molecule has 0 radical (unpaired) electrons. The Morgan fingerprint density at radius 3 is 2.69 bits per heavy atom. The van der Waals surface area contributed by atoms with Crippen LogP contribution in [-0.4, -0.2) is 58.0 Å². The SMILES string of the molecule is CCOC(=O)C=CC1=C(C(=O)OC(C)(C)C)N2C(=O)C(NC(=O)Cc3cccs3)[C@@H]2SC1. The molecule has 3 rings (SSSR count). The van der Waals surface area contributed by atoms with Gasteiger partial charge in [0.05, 0.1) is 13.0 Å². The number of β-lactam (4-membered cyclic amide) rings is 1. The van der Waals surface area contributed by atoms with Gasteiger partial charge in [-0.05, 0) is 50.8 Å². The lowest BCUT2D eigenvalue weighted by Crippen LogP contribution is -2.70. The molecule has 1 aromatic rings. The lowest BCUT2D eigenvalue weighted by Gasteiger charge is -2.49. The van der Waals surface area contributed by atoms with Crippen LogP contribution in [-0.2, 0) is 35.1 Å². The van der Waals surface area contributed by atoms with Gasteiger partial charge in [-0.2, -0.15) is 0 Å². The second kappa shape index (κ2) is 9.91. The van der Waals surface area contributed by atoms with Crippen LogP contribution in [0.15, 0.2) is 40.9 Å². The molecular weight excluding hydrogens is 452 g/mol. The number of thiophene rings is 1. The number of fused-ring (bicyclic) bond motifs is 1. The van der Waals surface area contributed by atoms with E-state index < -0.39 is 29.0 Å². The average Bonchev–Trinajstić information content (AvgIpc) is 3.21. The summed E-state index contributed by atoms with van der Waals surface area (Å²) in [5.74, 6) is -1.45. The van der Waals surface area contributed by atoms with Crippen molar-refractivity contribution < 1.29 is 28.7 Å². The summed E-state index contributed by atoms with van der Waals surface area (Å²) in [6.07, 6.45) is 2.91. The summed E-state index contributed by atoms with van der Waals surface area (Å²) in [7, 11) is 0. The van der Waals surface area contributed by atoms with Crippen LogP contribution in [0.25, 0.3) is 0 Å². The standard InChI is InChI=1S/C22H26N2O6S2/c1-5-29-16(26)9-8-13-12-32-20-17(23-15(25)11-14-7-6-10-31-14)19(27)24(20)18(13)21(28)30-22(2,3)4/h6-10,17,20H,5,11-12H2,1-4H3,(H,23,25)/t17?,20-/m0/s1. The third-order valence-corrected chi connectivity index (χ3v) is 6.71. The van der Waals surface area contributed by atoms with E-state index in [4.69, 9.17) is 9.47 Å². The molecule has 1 fully saturated rings. The number of carbonyl (C=O) groups excluding carboxylic acids is 4. The molecule has 2 aliphatic rings. The lowest BCUT2D eigenvalue weighted by atomic mass is 10.0. The summed E-state index contributed by atoms with van der Waals surface area (Å²) in [5.41, 5.74) is -0.175. The number of nitrogens with zero attached hydrogens (tertiary/aromatic N) is 1. The van der Waals surface area contributed by atoms with Gasteiger partial charge in [0.1, 0.15) is 22.7 Å². The molecule has 2 aliphatic heterocycles. The van der Waals surface area contributed by atoms with Crippen molar-refractivity contribution in [1.29, 1.82) is 0 Å². The first-order valence-electron chi connectivity index (χ1n) is 10.2. The Balaban J connectivity index is 1.80. The minimum absolute atomic E-state index is 0.0954. The van der Waals surface area contributed by atoms with Crippen LogP contribution in [0.1, 0.15) is 32.6 Å². The molecule has 8 nitrogen and oxygen atoms in total. The molecule has 1 unspecified atom stereocenters. The highest BCUT2D eigenvalue weighted by Gasteiger charge is 2.54. The van der Waals surface area contributed by atoms with Crippen molar-refractivity contribution in [1.82, 2.24) is 10.2 Å². The molecule has 1 N–H and O–H groups in total. The molecular formula is C22H26N2O6S2. The van der Waals surface area contributed by atoms with Gasteiger partial charge in [-0.3, -0.25) is 14.5 Å². The molecule has 10 heteroatoms. The smallest absolute Gasteiger partial charge is 0.355 e. The second-order valence-corrected chi connectivity index (χ2v) is 10.3. The molecule has 0 bridgehead atoms. The topological polar surface area (TPSA) is 102 Å². The summed E-state index contributed by atoms with van der Waals surface area (Å²) in [6.45, 7) is 7.14. The number of allylic oxidation sites excluding steroid dienone is 1. The molecule has 0 spiro atoms. The van der Waals surface area contributed by atoms with Gasteiger partial charge in [0, 0.05) is 16.7 Å². The van der Waals surface area contributed by atoms with E-state index in [1.165, 1.54) is 40.2 Å². The van der Waals surface area contributed by atoms with Gasteiger partial charge in [0.25, 0.3) is 5.91 Å². The number of nitrogens with one attached hydrogen (secondary N) is 1. The Bertz CT molecular complexity index is 962. The minimum atomic E-state index is -0.762. The number of esters is 2. The fourth-order valence-electron chi connectivity index (χ4n) is 3.24. The maximum absolute atomic E-state index is 13.0. The first-order valence-corrected chi connectivity index (χ1v) is 12.1. The summed E-state index contributed by atoms with van der Waals surface area (Å²) in [6, 6.07) is 3.00. The van der Waals surface area contributed by atoms with Crippen LogP contribution >= 0.6 is 23.1 Å². The van der Waals surface area contributed by atoms with E-state index in [9.17, 15) is 19.2 Å². The van der Waals surface area contributed by atoms with Crippen molar-refractivity contribution in [3.05, 3.63) is 45.8 Å². The molecule has 0 aliphatic carbocycles. The quantitative estimate of drug-likeness (QED) is 0.365. The maximum atomic E-state index is 13.0. The maximum Gasteiger partial charge on any atom is 0.355 e. The molecule has 0 saturated carbocycles. The molecule has 1 aromatic heterocycles. The monoisotopic (exact) mass is 478 g/mol. The summed E-state index contributed by atoms with van der Waals surface area (Å²) in [5, 5.41) is 4.25. The lowest BCUT2D eigenvalue weighted by molar-refractivity contribution is -0.159. The molecule has 32 heavy (non-hydrogen) atoms. The number of amides is 2. The number of rotatable bonds is 7. The molecule has 0 aromatic carbocycles. The zero-order valence-corrected chi connectivity index (χ0v) is 20.0. The number of ether oxygens (including phenoxy) is 2. The number of carbonyl (C=O) groups is 4. The first-order chi connectivity index (χ1) is 15.1. The van der Waals surface area contributed by atoms with Crippen molar-refractivity contribution in [3.63, 3.8) is 0 Å². The van der Waals surface area contributed by atoms with Crippen molar-refractivity contribution in [2.75, 3.05) is 12.4 Å². The highest BCUT2D eigenvalue weighted by molar-refractivity contribution is 8.00.